The molecule has 22 heavy (non-hydrogen) atoms. The average molecular weight is 387 g/mol. The molecule has 0 amide bonds. The summed E-state index contributed by atoms with van der Waals surface area (Å²) in [7, 11) is 1.55. The van der Waals surface area contributed by atoms with E-state index in [1.165, 1.54) is 10.7 Å². The number of alkyl halides is 2. The molecule has 0 aliphatic rings. The van der Waals surface area contributed by atoms with Gasteiger partial charge in [0.25, 0.3) is 0 Å². The predicted octanol–water partition coefficient (Wildman–Crippen LogP) is 3.61. The standard InChI is InChI=1S/C12H11Cl3FN3O2S/c1-3-21-9-5-8(7(16)4-6(9)13)17-11-18(2)19(10(14)15)12(20)22-11/h4-5,10H,3H2,1-2H3. The minimum atomic E-state index is -1.06. The summed E-state index contributed by atoms with van der Waals surface area (Å²) in [5.74, 6) is -0.319. The van der Waals surface area contributed by atoms with Crippen LogP contribution in [0.15, 0.2) is 21.9 Å². The molecule has 0 bridgehead atoms. The molecule has 0 saturated heterocycles. The first-order chi connectivity index (χ1) is 10.3. The highest BCUT2D eigenvalue weighted by Crippen LogP contribution is 2.31. The molecule has 2 aromatic rings. The first kappa shape index (κ1) is 17.3. The minimum absolute atomic E-state index is 0.00227. The maximum Gasteiger partial charge on any atom is 0.327 e. The lowest BCUT2D eigenvalue weighted by Crippen LogP contribution is -2.24. The van der Waals surface area contributed by atoms with Crippen LogP contribution in [-0.4, -0.2) is 16.0 Å². The Kier molecular flexibility index (Phi) is 5.55. The van der Waals surface area contributed by atoms with Crippen molar-refractivity contribution >= 4 is 51.8 Å². The molecule has 0 atom stereocenters. The van der Waals surface area contributed by atoms with Gasteiger partial charge in [-0.2, -0.15) is 0 Å². The number of hydrogen-bond donors (Lipinski definition) is 0. The first-order valence-corrected chi connectivity index (χ1v) is 8.15. The van der Waals surface area contributed by atoms with Crippen LogP contribution in [0.3, 0.4) is 0 Å². The maximum absolute atomic E-state index is 14.0. The van der Waals surface area contributed by atoms with Crippen molar-refractivity contribution in [3.05, 3.63) is 37.4 Å². The molecule has 0 saturated carbocycles. The Morgan fingerprint density at radius 2 is 2.14 bits per heavy atom. The molecule has 1 aromatic heterocycles. The van der Waals surface area contributed by atoms with Gasteiger partial charge in [-0.05, 0) is 24.3 Å². The molecule has 1 aromatic carbocycles. The second-order valence-electron chi connectivity index (χ2n) is 4.08. The summed E-state index contributed by atoms with van der Waals surface area (Å²) in [6, 6.07) is 2.48. The van der Waals surface area contributed by atoms with Crippen molar-refractivity contribution in [2.24, 2.45) is 12.0 Å². The molecule has 0 aliphatic carbocycles. The third kappa shape index (κ3) is 3.48. The van der Waals surface area contributed by atoms with E-state index in [1.807, 2.05) is 0 Å². The summed E-state index contributed by atoms with van der Waals surface area (Å²) in [5, 5.41) is 0.148. The van der Waals surface area contributed by atoms with Gasteiger partial charge in [0.2, 0.25) is 9.76 Å². The van der Waals surface area contributed by atoms with Gasteiger partial charge in [-0.1, -0.05) is 34.8 Å². The van der Waals surface area contributed by atoms with Crippen molar-refractivity contribution in [3.63, 3.8) is 0 Å². The summed E-state index contributed by atoms with van der Waals surface area (Å²) in [6.07, 6.45) is 0. The number of ether oxygens (including phenoxy) is 1. The number of nitrogens with zero attached hydrogens (tertiary/aromatic N) is 3. The normalized spacial score (nSPS) is 12.2. The van der Waals surface area contributed by atoms with E-state index in [0.29, 0.717) is 12.4 Å². The van der Waals surface area contributed by atoms with Crippen molar-refractivity contribution in [2.75, 3.05) is 6.61 Å². The van der Waals surface area contributed by atoms with Gasteiger partial charge in [-0.3, -0.25) is 9.48 Å². The Hall–Kier alpha value is -1.02. The summed E-state index contributed by atoms with van der Waals surface area (Å²) >= 11 is 18.1. The van der Waals surface area contributed by atoms with Crippen LogP contribution < -0.4 is 14.4 Å². The monoisotopic (exact) mass is 385 g/mol. The summed E-state index contributed by atoms with van der Waals surface area (Å²) in [6.45, 7) is 2.16. The van der Waals surface area contributed by atoms with E-state index in [0.717, 1.165) is 22.1 Å². The van der Waals surface area contributed by atoms with Gasteiger partial charge >= 0.3 is 4.87 Å². The van der Waals surface area contributed by atoms with Gasteiger partial charge in [-0.15, -0.1) is 0 Å². The number of hydrogen-bond acceptors (Lipinski definition) is 4. The van der Waals surface area contributed by atoms with Gasteiger partial charge < -0.3 is 4.74 Å². The van der Waals surface area contributed by atoms with E-state index in [4.69, 9.17) is 39.5 Å². The lowest BCUT2D eigenvalue weighted by atomic mass is 10.3. The van der Waals surface area contributed by atoms with E-state index in [-0.39, 0.29) is 15.5 Å². The van der Waals surface area contributed by atoms with Crippen molar-refractivity contribution in [3.8, 4) is 5.75 Å². The zero-order chi connectivity index (χ0) is 16.4. The van der Waals surface area contributed by atoms with Crippen LogP contribution in [0.4, 0.5) is 10.1 Å². The fraction of sp³-hybridized carbons (Fsp3) is 0.333. The lowest BCUT2D eigenvalue weighted by Gasteiger charge is -2.07. The van der Waals surface area contributed by atoms with Crippen LogP contribution in [0.1, 0.15) is 11.9 Å². The highest BCUT2D eigenvalue weighted by atomic mass is 35.5. The molecule has 0 spiro atoms. The molecule has 0 aliphatic heterocycles. The van der Waals surface area contributed by atoms with Crippen molar-refractivity contribution in [1.29, 1.82) is 0 Å². The van der Waals surface area contributed by atoms with Crippen molar-refractivity contribution in [1.82, 2.24) is 9.36 Å². The maximum atomic E-state index is 14.0. The molecule has 5 nitrogen and oxygen atoms in total. The second kappa shape index (κ2) is 7.04. The molecule has 0 radical (unpaired) electrons. The minimum Gasteiger partial charge on any atom is -0.492 e. The fourth-order valence-corrected chi connectivity index (χ4v) is 3.29. The molecule has 2 rings (SSSR count). The van der Waals surface area contributed by atoms with E-state index >= 15 is 0 Å². The van der Waals surface area contributed by atoms with Crippen LogP contribution in [0.25, 0.3) is 0 Å². The predicted molar refractivity (Wildman–Crippen MR) is 86.1 cm³/mol. The number of benzene rings is 1. The van der Waals surface area contributed by atoms with E-state index < -0.39 is 15.7 Å². The highest BCUT2D eigenvalue weighted by Gasteiger charge is 2.13. The van der Waals surface area contributed by atoms with E-state index in [1.54, 1.807) is 14.0 Å². The van der Waals surface area contributed by atoms with Gasteiger partial charge in [0, 0.05) is 13.1 Å². The Bertz CT molecular complexity index is 813. The third-order valence-electron chi connectivity index (χ3n) is 2.67. The molecule has 1 heterocycles. The number of aromatic nitrogens is 2. The van der Waals surface area contributed by atoms with Crippen molar-refractivity contribution in [2.45, 2.75) is 11.9 Å². The quantitative estimate of drug-likeness (QED) is 0.754. The van der Waals surface area contributed by atoms with Crippen LogP contribution in [-0.2, 0) is 7.05 Å². The molecule has 120 valence electrons. The SMILES string of the molecule is CCOc1cc(N=c2sc(=O)n(C(Cl)Cl)n2C)c(F)cc1Cl. The zero-order valence-corrected chi connectivity index (χ0v) is 14.6. The third-order valence-corrected chi connectivity index (χ3v) is 4.23. The van der Waals surface area contributed by atoms with E-state index in [2.05, 4.69) is 4.99 Å². The summed E-state index contributed by atoms with van der Waals surface area (Å²) < 4.78 is 21.7. The number of halogens is 4. The zero-order valence-electron chi connectivity index (χ0n) is 11.5. The molecular weight excluding hydrogens is 376 g/mol. The fourth-order valence-electron chi connectivity index (χ4n) is 1.68. The Balaban J connectivity index is 2.61. The van der Waals surface area contributed by atoms with Gasteiger partial charge in [0.15, 0.2) is 5.82 Å². The molecule has 0 N–H and O–H groups in total. The Labute approximate surface area is 144 Å². The van der Waals surface area contributed by atoms with Crippen LogP contribution >= 0.6 is 46.1 Å². The van der Waals surface area contributed by atoms with Crippen molar-refractivity contribution < 1.29 is 9.13 Å². The van der Waals surface area contributed by atoms with Crippen LogP contribution in [0.2, 0.25) is 5.02 Å². The lowest BCUT2D eigenvalue weighted by molar-refractivity contribution is 0.340. The Morgan fingerprint density at radius 1 is 1.45 bits per heavy atom. The number of rotatable bonds is 4. The topological polar surface area (TPSA) is 48.5 Å². The van der Waals surface area contributed by atoms with Gasteiger partial charge in [-0.25, -0.2) is 14.1 Å². The van der Waals surface area contributed by atoms with E-state index in [9.17, 15) is 9.18 Å². The van der Waals surface area contributed by atoms with Crippen LogP contribution in [0, 0.1) is 5.82 Å². The molecule has 0 fully saturated rings. The Morgan fingerprint density at radius 3 is 2.68 bits per heavy atom. The molecule has 0 unspecified atom stereocenters. The first-order valence-electron chi connectivity index (χ1n) is 6.08. The summed E-state index contributed by atoms with van der Waals surface area (Å²) in [5.41, 5.74) is -0.00227. The highest BCUT2D eigenvalue weighted by molar-refractivity contribution is 7.06. The summed E-state index contributed by atoms with van der Waals surface area (Å²) in [4.78, 5) is 14.7. The van der Waals surface area contributed by atoms with Crippen LogP contribution in [0.5, 0.6) is 5.75 Å². The van der Waals surface area contributed by atoms with Gasteiger partial charge in [0.05, 0.1) is 11.6 Å². The smallest absolute Gasteiger partial charge is 0.327 e. The molecule has 10 heteroatoms. The second-order valence-corrected chi connectivity index (χ2v) is 6.45. The van der Waals surface area contributed by atoms with Gasteiger partial charge in [0.1, 0.15) is 11.4 Å². The average Bonchev–Trinajstić information content (AvgIpc) is 2.70. The largest absolute Gasteiger partial charge is 0.492 e. The molecular formula is C12H11Cl3FN3O2S.